The molecule has 1 atom stereocenters. The molecule has 0 aromatic carbocycles. The van der Waals surface area contributed by atoms with E-state index in [1.807, 2.05) is 0 Å². The highest BCUT2D eigenvalue weighted by molar-refractivity contribution is 7.09. The number of thiazole rings is 1. The predicted molar refractivity (Wildman–Crippen MR) is 83.6 cm³/mol. The minimum atomic E-state index is 0.152. The van der Waals surface area contributed by atoms with Crippen LogP contribution < -0.4 is 5.73 Å². The summed E-state index contributed by atoms with van der Waals surface area (Å²) in [6.07, 6.45) is 6.27. The second-order valence-electron chi connectivity index (χ2n) is 7.26. The van der Waals surface area contributed by atoms with Gasteiger partial charge in [-0.25, -0.2) is 4.98 Å². The van der Waals surface area contributed by atoms with Crippen LogP contribution in [0.2, 0.25) is 0 Å². The monoisotopic (exact) mass is 280 g/mol. The fraction of sp³-hybridized carbons (Fsp3) is 0.812. The molecule has 1 unspecified atom stereocenters. The van der Waals surface area contributed by atoms with Crippen LogP contribution in [0.25, 0.3) is 0 Å². The Kier molecular flexibility index (Phi) is 4.67. The maximum Gasteiger partial charge on any atom is 0.0944 e. The van der Waals surface area contributed by atoms with Crippen molar-refractivity contribution in [3.05, 3.63) is 16.1 Å². The average Bonchev–Trinajstić information content (AvgIpc) is 2.78. The molecule has 1 heterocycles. The lowest BCUT2D eigenvalue weighted by Gasteiger charge is -2.30. The number of nitrogens with two attached hydrogens (primary N) is 1. The Bertz CT molecular complexity index is 397. The first-order valence-electron chi connectivity index (χ1n) is 7.56. The molecule has 1 aromatic heterocycles. The Morgan fingerprint density at radius 2 is 1.95 bits per heavy atom. The van der Waals surface area contributed by atoms with E-state index >= 15 is 0 Å². The van der Waals surface area contributed by atoms with Crippen LogP contribution in [0, 0.1) is 11.8 Å². The zero-order valence-corrected chi connectivity index (χ0v) is 13.6. The van der Waals surface area contributed by atoms with Gasteiger partial charge in [0.1, 0.15) is 0 Å². The van der Waals surface area contributed by atoms with Crippen LogP contribution in [-0.2, 0) is 11.8 Å². The zero-order chi connectivity index (χ0) is 14.0. The third kappa shape index (κ3) is 4.03. The molecule has 0 bridgehead atoms. The van der Waals surface area contributed by atoms with Crippen LogP contribution in [0.4, 0.5) is 0 Å². The molecule has 2 nitrogen and oxygen atoms in total. The number of nitrogens with zero attached hydrogens (tertiary/aromatic N) is 1. The summed E-state index contributed by atoms with van der Waals surface area (Å²) in [6.45, 7) is 9.01. The Balaban J connectivity index is 1.92. The van der Waals surface area contributed by atoms with Crippen LogP contribution in [0.15, 0.2) is 5.38 Å². The van der Waals surface area contributed by atoms with Gasteiger partial charge in [-0.1, -0.05) is 40.5 Å². The van der Waals surface area contributed by atoms with E-state index in [1.165, 1.54) is 36.4 Å². The zero-order valence-electron chi connectivity index (χ0n) is 12.8. The lowest BCUT2D eigenvalue weighted by molar-refractivity contribution is 0.253. The molecule has 1 fully saturated rings. The smallest absolute Gasteiger partial charge is 0.0944 e. The second-order valence-corrected chi connectivity index (χ2v) is 8.21. The summed E-state index contributed by atoms with van der Waals surface area (Å²) >= 11 is 1.78. The van der Waals surface area contributed by atoms with Gasteiger partial charge in [0, 0.05) is 23.3 Å². The van der Waals surface area contributed by atoms with Gasteiger partial charge < -0.3 is 5.73 Å². The van der Waals surface area contributed by atoms with E-state index in [0.29, 0.717) is 12.0 Å². The Morgan fingerprint density at radius 1 is 1.32 bits per heavy atom. The molecule has 0 aliphatic heterocycles. The van der Waals surface area contributed by atoms with Crippen molar-refractivity contribution in [2.75, 3.05) is 0 Å². The van der Waals surface area contributed by atoms with Crippen LogP contribution >= 0.6 is 11.3 Å². The highest BCUT2D eigenvalue weighted by Crippen LogP contribution is 2.31. The summed E-state index contributed by atoms with van der Waals surface area (Å²) in [5.41, 5.74) is 7.77. The summed E-state index contributed by atoms with van der Waals surface area (Å²) < 4.78 is 0. The Hall–Kier alpha value is -0.410. The van der Waals surface area contributed by atoms with Gasteiger partial charge in [0.25, 0.3) is 0 Å². The molecule has 19 heavy (non-hydrogen) atoms. The highest BCUT2D eigenvalue weighted by atomic mass is 32.1. The van der Waals surface area contributed by atoms with Crippen molar-refractivity contribution < 1.29 is 0 Å². The molecular formula is C16H28N2S. The maximum absolute atomic E-state index is 6.41. The summed E-state index contributed by atoms with van der Waals surface area (Å²) in [4.78, 5) is 4.77. The third-order valence-corrected chi connectivity index (χ3v) is 5.27. The topological polar surface area (TPSA) is 38.9 Å². The van der Waals surface area contributed by atoms with Crippen LogP contribution in [0.1, 0.15) is 64.1 Å². The summed E-state index contributed by atoms with van der Waals surface area (Å²) in [5.74, 6) is 1.61. The molecular weight excluding hydrogens is 252 g/mol. The van der Waals surface area contributed by atoms with Crippen molar-refractivity contribution in [3.63, 3.8) is 0 Å². The first kappa shape index (κ1) is 15.0. The van der Waals surface area contributed by atoms with E-state index in [9.17, 15) is 0 Å². The summed E-state index contributed by atoms with van der Waals surface area (Å²) in [5, 5.41) is 3.42. The minimum absolute atomic E-state index is 0.152. The molecule has 1 aromatic rings. The number of hydrogen-bond acceptors (Lipinski definition) is 3. The first-order valence-corrected chi connectivity index (χ1v) is 8.44. The molecule has 3 heteroatoms. The van der Waals surface area contributed by atoms with Crippen LogP contribution in [0.5, 0.6) is 0 Å². The van der Waals surface area contributed by atoms with E-state index in [-0.39, 0.29) is 5.41 Å². The molecule has 2 N–H and O–H groups in total. The van der Waals surface area contributed by atoms with Gasteiger partial charge >= 0.3 is 0 Å². The van der Waals surface area contributed by atoms with E-state index in [0.717, 1.165) is 12.3 Å². The summed E-state index contributed by atoms with van der Waals surface area (Å²) in [7, 11) is 0. The third-order valence-electron chi connectivity index (χ3n) is 4.40. The van der Waals surface area contributed by atoms with Crippen molar-refractivity contribution >= 4 is 11.3 Å². The fourth-order valence-corrected chi connectivity index (χ4v) is 3.93. The maximum atomic E-state index is 6.41. The van der Waals surface area contributed by atoms with Gasteiger partial charge in [0.05, 0.1) is 10.7 Å². The second kappa shape index (κ2) is 5.92. The van der Waals surface area contributed by atoms with E-state index in [1.54, 1.807) is 11.3 Å². The van der Waals surface area contributed by atoms with Crippen LogP contribution in [0.3, 0.4) is 0 Å². The van der Waals surface area contributed by atoms with Gasteiger partial charge in [0.2, 0.25) is 0 Å². The van der Waals surface area contributed by atoms with Crippen molar-refractivity contribution in [3.8, 4) is 0 Å². The standard InChI is InChI=1S/C16H28N2S/c1-11-5-7-12(8-6-11)13(17)9-15-18-14(10-19-15)16(2,3)4/h10-13H,5-9,17H2,1-4H3. The van der Waals surface area contributed by atoms with E-state index in [2.05, 4.69) is 33.1 Å². The average molecular weight is 280 g/mol. The van der Waals surface area contributed by atoms with Gasteiger partial charge in [-0.05, 0) is 24.7 Å². The first-order chi connectivity index (χ1) is 8.86. The normalized spacial score (nSPS) is 26.4. The molecule has 0 saturated heterocycles. The Labute approximate surface area is 121 Å². The van der Waals surface area contributed by atoms with E-state index in [4.69, 9.17) is 10.7 Å². The van der Waals surface area contributed by atoms with Crippen molar-refractivity contribution in [1.29, 1.82) is 0 Å². The Morgan fingerprint density at radius 3 is 2.47 bits per heavy atom. The summed E-state index contributed by atoms with van der Waals surface area (Å²) in [6, 6.07) is 0.298. The van der Waals surface area contributed by atoms with Crippen molar-refractivity contribution in [2.45, 2.75) is 71.3 Å². The van der Waals surface area contributed by atoms with Crippen molar-refractivity contribution in [1.82, 2.24) is 4.98 Å². The molecule has 1 aliphatic rings. The number of hydrogen-bond donors (Lipinski definition) is 1. The molecule has 108 valence electrons. The van der Waals surface area contributed by atoms with Gasteiger partial charge in [-0.3, -0.25) is 0 Å². The van der Waals surface area contributed by atoms with Gasteiger partial charge in [-0.15, -0.1) is 11.3 Å². The molecule has 1 saturated carbocycles. The molecule has 0 amide bonds. The minimum Gasteiger partial charge on any atom is -0.327 e. The molecule has 0 radical (unpaired) electrons. The molecule has 1 aliphatic carbocycles. The molecule has 2 rings (SSSR count). The lowest BCUT2D eigenvalue weighted by Crippen LogP contribution is -2.34. The number of rotatable bonds is 3. The highest BCUT2D eigenvalue weighted by Gasteiger charge is 2.25. The van der Waals surface area contributed by atoms with E-state index < -0.39 is 0 Å². The number of aromatic nitrogens is 1. The fourth-order valence-electron chi connectivity index (χ4n) is 2.83. The largest absolute Gasteiger partial charge is 0.327 e. The predicted octanol–water partition coefficient (Wildman–Crippen LogP) is 4.14. The molecule has 0 spiro atoms. The van der Waals surface area contributed by atoms with Crippen LogP contribution in [-0.4, -0.2) is 11.0 Å². The SMILES string of the molecule is CC1CCC(C(N)Cc2nc(C(C)(C)C)cs2)CC1. The van der Waals surface area contributed by atoms with Crippen molar-refractivity contribution in [2.24, 2.45) is 17.6 Å². The van der Waals surface area contributed by atoms with Gasteiger partial charge in [-0.2, -0.15) is 0 Å². The van der Waals surface area contributed by atoms with Gasteiger partial charge in [0.15, 0.2) is 0 Å². The quantitative estimate of drug-likeness (QED) is 0.904. The lowest BCUT2D eigenvalue weighted by atomic mass is 9.79.